The predicted molar refractivity (Wildman–Crippen MR) is 52.4 cm³/mol. The molecule has 7 heteroatoms. The molecule has 0 aliphatic rings. The molecular formula is C10H9F4NO2. The molecule has 0 fully saturated rings. The van der Waals surface area contributed by atoms with Crippen LogP contribution in [-0.4, -0.2) is 12.4 Å². The van der Waals surface area contributed by atoms with Crippen LogP contribution in [0, 0.1) is 0 Å². The Hall–Kier alpha value is -1.79. The first kappa shape index (κ1) is 13.3. The Labute approximate surface area is 94.2 Å². The molecule has 0 bridgehead atoms. The minimum atomic E-state index is -3.24. The van der Waals surface area contributed by atoms with Crippen LogP contribution < -0.4 is 10.5 Å². The maximum atomic E-state index is 12.6. The summed E-state index contributed by atoms with van der Waals surface area (Å²) < 4.78 is 53.0. The number of anilines is 1. The highest BCUT2D eigenvalue weighted by molar-refractivity contribution is 5.99. The van der Waals surface area contributed by atoms with E-state index < -0.39 is 30.1 Å². The molecule has 0 saturated heterocycles. The van der Waals surface area contributed by atoms with Crippen molar-refractivity contribution < 1.29 is 27.1 Å². The van der Waals surface area contributed by atoms with Crippen molar-refractivity contribution >= 4 is 11.5 Å². The van der Waals surface area contributed by atoms with Crippen LogP contribution in [0.3, 0.4) is 0 Å². The summed E-state index contributed by atoms with van der Waals surface area (Å²) in [6, 6.07) is 1.56. The summed E-state index contributed by atoms with van der Waals surface area (Å²) in [6.07, 6.45) is -3.04. The van der Waals surface area contributed by atoms with E-state index in [0.29, 0.717) is 0 Å². The standard InChI is InChI=1S/C10H9F4NO2/c1-4(16)5-2-6(9(11)12)8(3-7(5)15)17-10(13)14/h2-3,9-10H,15H2,1H3. The van der Waals surface area contributed by atoms with Crippen LogP contribution in [0.5, 0.6) is 5.75 Å². The lowest BCUT2D eigenvalue weighted by molar-refractivity contribution is -0.0519. The van der Waals surface area contributed by atoms with Crippen LogP contribution in [0.25, 0.3) is 0 Å². The fourth-order valence-electron chi connectivity index (χ4n) is 1.29. The van der Waals surface area contributed by atoms with Gasteiger partial charge in [0.05, 0.1) is 5.56 Å². The van der Waals surface area contributed by atoms with Gasteiger partial charge in [-0.15, -0.1) is 0 Å². The molecular weight excluding hydrogens is 242 g/mol. The van der Waals surface area contributed by atoms with Gasteiger partial charge in [-0.3, -0.25) is 4.79 Å². The van der Waals surface area contributed by atoms with Gasteiger partial charge in [-0.25, -0.2) is 8.78 Å². The Bertz CT molecular complexity index is 435. The number of nitrogens with two attached hydrogens (primary N) is 1. The van der Waals surface area contributed by atoms with E-state index in [1.165, 1.54) is 0 Å². The maximum absolute atomic E-state index is 12.6. The Morgan fingerprint density at radius 1 is 1.29 bits per heavy atom. The maximum Gasteiger partial charge on any atom is 0.387 e. The molecule has 1 aromatic rings. The number of carbonyl (C=O) groups excluding carboxylic acids is 1. The monoisotopic (exact) mass is 251 g/mol. The highest BCUT2D eigenvalue weighted by Gasteiger charge is 2.20. The summed E-state index contributed by atoms with van der Waals surface area (Å²) in [4.78, 5) is 11.1. The SMILES string of the molecule is CC(=O)c1cc(C(F)F)c(OC(F)F)cc1N. The first-order valence-corrected chi connectivity index (χ1v) is 4.50. The van der Waals surface area contributed by atoms with Crippen LogP contribution in [-0.2, 0) is 0 Å². The molecule has 94 valence electrons. The molecule has 2 N–H and O–H groups in total. The lowest BCUT2D eigenvalue weighted by atomic mass is 10.0. The van der Waals surface area contributed by atoms with Crippen LogP contribution >= 0.6 is 0 Å². The molecule has 0 radical (unpaired) electrons. The molecule has 0 heterocycles. The van der Waals surface area contributed by atoms with E-state index in [9.17, 15) is 22.4 Å². The van der Waals surface area contributed by atoms with Gasteiger partial charge in [-0.2, -0.15) is 8.78 Å². The quantitative estimate of drug-likeness (QED) is 0.508. The summed E-state index contributed by atoms with van der Waals surface area (Å²) in [5.41, 5.74) is 4.26. The number of rotatable bonds is 4. The Morgan fingerprint density at radius 3 is 2.29 bits per heavy atom. The fourth-order valence-corrected chi connectivity index (χ4v) is 1.29. The third-order valence-electron chi connectivity index (χ3n) is 2.01. The number of Topliss-reactive ketones (excluding diaryl/α,β-unsaturated/α-hetero) is 1. The van der Waals surface area contributed by atoms with E-state index in [4.69, 9.17) is 5.73 Å². The Balaban J connectivity index is 3.30. The number of alkyl halides is 4. The lowest BCUT2D eigenvalue weighted by Crippen LogP contribution is -2.08. The van der Waals surface area contributed by atoms with E-state index in [1.807, 2.05) is 0 Å². The number of hydrogen-bond acceptors (Lipinski definition) is 3. The first-order chi connectivity index (χ1) is 7.82. The van der Waals surface area contributed by atoms with Crippen LogP contribution in [0.4, 0.5) is 23.2 Å². The van der Waals surface area contributed by atoms with E-state index in [2.05, 4.69) is 4.74 Å². The smallest absolute Gasteiger partial charge is 0.387 e. The zero-order valence-corrected chi connectivity index (χ0v) is 8.72. The van der Waals surface area contributed by atoms with Crippen molar-refractivity contribution in [3.8, 4) is 5.75 Å². The average Bonchev–Trinajstić information content (AvgIpc) is 2.15. The second kappa shape index (κ2) is 5.03. The van der Waals surface area contributed by atoms with Crippen molar-refractivity contribution in [2.45, 2.75) is 20.0 Å². The molecule has 0 unspecified atom stereocenters. The molecule has 1 aromatic carbocycles. The molecule has 0 aliphatic carbocycles. The van der Waals surface area contributed by atoms with Gasteiger partial charge in [0.1, 0.15) is 5.75 Å². The number of carbonyl (C=O) groups is 1. The van der Waals surface area contributed by atoms with Gasteiger partial charge in [0.25, 0.3) is 6.43 Å². The molecule has 0 amide bonds. The molecule has 17 heavy (non-hydrogen) atoms. The van der Waals surface area contributed by atoms with E-state index in [0.717, 1.165) is 19.1 Å². The van der Waals surface area contributed by atoms with Crippen molar-refractivity contribution in [3.63, 3.8) is 0 Å². The van der Waals surface area contributed by atoms with Gasteiger partial charge >= 0.3 is 6.61 Å². The third-order valence-corrected chi connectivity index (χ3v) is 2.01. The molecule has 0 saturated carbocycles. The Kier molecular flexibility index (Phi) is 3.93. The fraction of sp³-hybridized carbons (Fsp3) is 0.300. The normalized spacial score (nSPS) is 11.0. The summed E-state index contributed by atoms with van der Waals surface area (Å²) >= 11 is 0. The van der Waals surface area contributed by atoms with Gasteiger partial charge in [0.2, 0.25) is 0 Å². The van der Waals surface area contributed by atoms with Gasteiger partial charge in [-0.05, 0) is 13.0 Å². The number of ether oxygens (including phenoxy) is 1. The summed E-state index contributed by atoms with van der Waals surface area (Å²) in [5, 5.41) is 0. The van der Waals surface area contributed by atoms with Crippen molar-refractivity contribution in [1.29, 1.82) is 0 Å². The van der Waals surface area contributed by atoms with E-state index in [1.54, 1.807) is 0 Å². The van der Waals surface area contributed by atoms with Gasteiger partial charge in [0.15, 0.2) is 5.78 Å². The van der Waals surface area contributed by atoms with Gasteiger partial charge in [-0.1, -0.05) is 0 Å². The topological polar surface area (TPSA) is 52.3 Å². The molecule has 0 spiro atoms. The largest absolute Gasteiger partial charge is 0.434 e. The molecule has 0 atom stereocenters. The van der Waals surface area contributed by atoms with Crippen LogP contribution in [0.1, 0.15) is 29.3 Å². The number of halogens is 4. The molecule has 0 aromatic heterocycles. The first-order valence-electron chi connectivity index (χ1n) is 4.50. The minimum absolute atomic E-state index is 0.151. The lowest BCUT2D eigenvalue weighted by Gasteiger charge is -2.13. The zero-order chi connectivity index (χ0) is 13.2. The summed E-state index contributed by atoms with van der Waals surface area (Å²) in [5.74, 6) is -1.26. The highest BCUT2D eigenvalue weighted by atomic mass is 19.3. The van der Waals surface area contributed by atoms with Crippen molar-refractivity contribution in [1.82, 2.24) is 0 Å². The summed E-state index contributed by atoms with van der Waals surface area (Å²) in [7, 11) is 0. The van der Waals surface area contributed by atoms with Crippen LogP contribution in [0.15, 0.2) is 12.1 Å². The second-order valence-corrected chi connectivity index (χ2v) is 3.21. The zero-order valence-electron chi connectivity index (χ0n) is 8.72. The van der Waals surface area contributed by atoms with Crippen molar-refractivity contribution in [3.05, 3.63) is 23.3 Å². The number of nitrogen functional groups attached to an aromatic ring is 1. The van der Waals surface area contributed by atoms with E-state index in [-0.39, 0.29) is 11.3 Å². The predicted octanol–water partition coefficient (Wildman–Crippen LogP) is 3.01. The van der Waals surface area contributed by atoms with E-state index >= 15 is 0 Å². The average molecular weight is 251 g/mol. The van der Waals surface area contributed by atoms with Crippen molar-refractivity contribution in [2.75, 3.05) is 5.73 Å². The third kappa shape index (κ3) is 3.08. The Morgan fingerprint density at radius 2 is 1.88 bits per heavy atom. The summed E-state index contributed by atoms with van der Waals surface area (Å²) in [6.45, 7) is -2.11. The molecule has 0 aliphatic heterocycles. The second-order valence-electron chi connectivity index (χ2n) is 3.21. The molecule has 1 rings (SSSR count). The molecule has 3 nitrogen and oxygen atoms in total. The minimum Gasteiger partial charge on any atom is -0.434 e. The number of ketones is 1. The van der Waals surface area contributed by atoms with Crippen LogP contribution in [0.2, 0.25) is 0 Å². The van der Waals surface area contributed by atoms with Crippen molar-refractivity contribution in [2.24, 2.45) is 0 Å². The number of benzene rings is 1. The van der Waals surface area contributed by atoms with Gasteiger partial charge < -0.3 is 10.5 Å². The number of hydrogen-bond donors (Lipinski definition) is 1. The highest BCUT2D eigenvalue weighted by Crippen LogP contribution is 2.34. The van der Waals surface area contributed by atoms with Gasteiger partial charge in [0, 0.05) is 17.3 Å².